The fraction of sp³-hybridized carbons (Fsp3) is 0.588. The highest BCUT2D eigenvalue weighted by Gasteiger charge is 2.28. The summed E-state index contributed by atoms with van der Waals surface area (Å²) in [6, 6.07) is 5.74. The van der Waals surface area contributed by atoms with E-state index in [1.165, 1.54) is 11.3 Å². The van der Waals surface area contributed by atoms with Gasteiger partial charge in [0.15, 0.2) is 0 Å². The normalized spacial score (nSPS) is 17.0. The summed E-state index contributed by atoms with van der Waals surface area (Å²) < 4.78 is 38.4. The molecule has 3 rings (SSSR count). The SMILES string of the molecule is CCCCS(=O)(=O)N1CCC(Oc2nc3ccc(OC)cc3s2)CC1. The van der Waals surface area contributed by atoms with Crippen LogP contribution in [0.3, 0.4) is 0 Å². The molecule has 0 aliphatic carbocycles. The molecule has 0 atom stereocenters. The Hall–Kier alpha value is -1.38. The summed E-state index contributed by atoms with van der Waals surface area (Å²) >= 11 is 1.49. The number of thiazole rings is 1. The molecule has 25 heavy (non-hydrogen) atoms. The molecule has 0 spiro atoms. The highest BCUT2D eigenvalue weighted by atomic mass is 32.2. The third-order valence-corrected chi connectivity index (χ3v) is 7.26. The Balaban J connectivity index is 1.59. The average Bonchev–Trinajstić information content (AvgIpc) is 3.01. The highest BCUT2D eigenvalue weighted by molar-refractivity contribution is 7.89. The lowest BCUT2D eigenvalue weighted by Crippen LogP contribution is -2.42. The molecule has 1 aliphatic rings. The quantitative estimate of drug-likeness (QED) is 0.733. The van der Waals surface area contributed by atoms with Gasteiger partial charge in [-0.25, -0.2) is 17.7 Å². The third-order valence-electron chi connectivity index (χ3n) is 4.39. The summed E-state index contributed by atoms with van der Waals surface area (Å²) in [6.07, 6.45) is 3.02. The molecule has 0 unspecified atom stereocenters. The van der Waals surface area contributed by atoms with E-state index in [0.717, 1.165) is 22.4 Å². The van der Waals surface area contributed by atoms with Gasteiger partial charge < -0.3 is 9.47 Å². The Morgan fingerprint density at radius 2 is 2.08 bits per heavy atom. The van der Waals surface area contributed by atoms with E-state index in [-0.39, 0.29) is 11.9 Å². The second-order valence-electron chi connectivity index (χ2n) is 6.20. The third kappa shape index (κ3) is 4.43. The first-order chi connectivity index (χ1) is 12.0. The van der Waals surface area contributed by atoms with Crippen LogP contribution >= 0.6 is 11.3 Å². The molecule has 0 bridgehead atoms. The summed E-state index contributed by atoms with van der Waals surface area (Å²) in [5, 5.41) is 0.635. The van der Waals surface area contributed by atoms with Crippen molar-refractivity contribution in [1.82, 2.24) is 9.29 Å². The zero-order chi connectivity index (χ0) is 17.9. The van der Waals surface area contributed by atoms with Crippen molar-refractivity contribution < 1.29 is 17.9 Å². The molecule has 0 amide bonds. The number of fused-ring (bicyclic) bond motifs is 1. The van der Waals surface area contributed by atoms with Crippen LogP contribution in [-0.2, 0) is 10.0 Å². The van der Waals surface area contributed by atoms with Crippen LogP contribution in [0.1, 0.15) is 32.6 Å². The Kier molecular flexibility index (Phi) is 5.81. The minimum Gasteiger partial charge on any atom is -0.497 e. The predicted octanol–water partition coefficient (Wildman–Crippen LogP) is 3.28. The minimum atomic E-state index is -3.12. The molecule has 0 saturated carbocycles. The van der Waals surface area contributed by atoms with Gasteiger partial charge in [-0.05, 0) is 37.5 Å². The monoisotopic (exact) mass is 384 g/mol. The van der Waals surface area contributed by atoms with Crippen LogP contribution in [0.5, 0.6) is 10.9 Å². The number of nitrogens with zero attached hydrogens (tertiary/aromatic N) is 2. The van der Waals surface area contributed by atoms with E-state index in [4.69, 9.17) is 9.47 Å². The largest absolute Gasteiger partial charge is 0.497 e. The first-order valence-electron chi connectivity index (χ1n) is 8.61. The molecule has 6 nitrogen and oxygen atoms in total. The first kappa shape index (κ1) is 18.4. The molecule has 138 valence electrons. The Morgan fingerprint density at radius 3 is 2.76 bits per heavy atom. The molecule has 2 heterocycles. The molecule has 1 fully saturated rings. The van der Waals surface area contributed by atoms with Gasteiger partial charge in [0.1, 0.15) is 11.9 Å². The van der Waals surface area contributed by atoms with Crippen molar-refractivity contribution in [2.75, 3.05) is 26.0 Å². The lowest BCUT2D eigenvalue weighted by Gasteiger charge is -2.30. The van der Waals surface area contributed by atoms with Crippen molar-refractivity contribution in [3.8, 4) is 10.9 Å². The maximum Gasteiger partial charge on any atom is 0.274 e. The molecule has 1 aliphatic heterocycles. The zero-order valence-electron chi connectivity index (χ0n) is 14.6. The van der Waals surface area contributed by atoms with E-state index in [1.807, 2.05) is 25.1 Å². The van der Waals surface area contributed by atoms with Gasteiger partial charge in [0.2, 0.25) is 10.0 Å². The smallest absolute Gasteiger partial charge is 0.274 e. The van der Waals surface area contributed by atoms with Gasteiger partial charge in [-0.2, -0.15) is 0 Å². The fourth-order valence-corrected chi connectivity index (χ4v) is 5.48. The number of ether oxygens (including phenoxy) is 2. The van der Waals surface area contributed by atoms with Crippen molar-refractivity contribution >= 4 is 31.6 Å². The molecule has 1 aromatic carbocycles. The Bertz CT molecular complexity index is 811. The summed E-state index contributed by atoms with van der Waals surface area (Å²) in [5.74, 6) is 1.04. The second-order valence-corrected chi connectivity index (χ2v) is 9.28. The van der Waals surface area contributed by atoms with Crippen LogP contribution < -0.4 is 9.47 Å². The number of hydrogen-bond acceptors (Lipinski definition) is 6. The van der Waals surface area contributed by atoms with Gasteiger partial charge in [-0.1, -0.05) is 24.7 Å². The van der Waals surface area contributed by atoms with Crippen LogP contribution in [0, 0.1) is 0 Å². The highest BCUT2D eigenvalue weighted by Crippen LogP contribution is 2.32. The van der Waals surface area contributed by atoms with Gasteiger partial charge in [-0.3, -0.25) is 0 Å². The van der Waals surface area contributed by atoms with Gasteiger partial charge >= 0.3 is 0 Å². The lowest BCUT2D eigenvalue weighted by atomic mass is 10.1. The molecule has 1 aromatic heterocycles. The van der Waals surface area contributed by atoms with E-state index >= 15 is 0 Å². The molecular formula is C17H24N2O4S2. The van der Waals surface area contributed by atoms with E-state index in [1.54, 1.807) is 11.4 Å². The summed E-state index contributed by atoms with van der Waals surface area (Å²) in [4.78, 5) is 4.50. The van der Waals surface area contributed by atoms with Crippen LogP contribution in [0.4, 0.5) is 0 Å². The van der Waals surface area contributed by atoms with Crippen molar-refractivity contribution in [3.05, 3.63) is 18.2 Å². The number of aromatic nitrogens is 1. The minimum absolute atomic E-state index is 0.0140. The molecule has 0 radical (unpaired) electrons. The number of rotatable bonds is 7. The number of benzene rings is 1. The van der Waals surface area contributed by atoms with Crippen LogP contribution in [-0.4, -0.2) is 49.8 Å². The van der Waals surface area contributed by atoms with E-state index < -0.39 is 10.0 Å². The average molecular weight is 385 g/mol. The zero-order valence-corrected chi connectivity index (χ0v) is 16.2. The van der Waals surface area contributed by atoms with Gasteiger partial charge in [0.05, 0.1) is 23.1 Å². The second kappa shape index (κ2) is 7.88. The Morgan fingerprint density at radius 1 is 1.32 bits per heavy atom. The van der Waals surface area contributed by atoms with Crippen molar-refractivity contribution in [1.29, 1.82) is 0 Å². The van der Waals surface area contributed by atoms with Gasteiger partial charge in [0.25, 0.3) is 5.19 Å². The molecule has 2 aromatic rings. The standard InChI is InChI=1S/C17H24N2O4S2/c1-3-4-11-25(20,21)19-9-7-13(8-10-19)23-17-18-15-6-5-14(22-2)12-16(15)24-17/h5-6,12-13H,3-4,7-11H2,1-2H3. The molecule has 1 saturated heterocycles. The molecular weight excluding hydrogens is 360 g/mol. The summed E-state index contributed by atoms with van der Waals surface area (Å²) in [5.41, 5.74) is 0.889. The maximum absolute atomic E-state index is 12.3. The number of piperidine rings is 1. The van der Waals surface area contributed by atoms with Crippen molar-refractivity contribution in [3.63, 3.8) is 0 Å². The van der Waals surface area contributed by atoms with E-state index in [2.05, 4.69) is 4.98 Å². The van der Waals surface area contributed by atoms with Crippen LogP contribution in [0.25, 0.3) is 10.2 Å². The van der Waals surface area contributed by atoms with Gasteiger partial charge in [0, 0.05) is 13.1 Å². The number of unbranched alkanes of at least 4 members (excludes halogenated alkanes) is 1. The summed E-state index contributed by atoms with van der Waals surface area (Å²) in [6.45, 7) is 3.05. The Labute approximate surface area is 152 Å². The predicted molar refractivity (Wildman–Crippen MR) is 100 cm³/mol. The van der Waals surface area contributed by atoms with Crippen LogP contribution in [0.15, 0.2) is 18.2 Å². The van der Waals surface area contributed by atoms with Crippen molar-refractivity contribution in [2.45, 2.75) is 38.7 Å². The first-order valence-corrected chi connectivity index (χ1v) is 11.0. The topological polar surface area (TPSA) is 68.7 Å². The van der Waals surface area contributed by atoms with Gasteiger partial charge in [-0.15, -0.1) is 0 Å². The number of hydrogen-bond donors (Lipinski definition) is 0. The number of sulfonamides is 1. The van der Waals surface area contributed by atoms with Crippen molar-refractivity contribution in [2.24, 2.45) is 0 Å². The van der Waals surface area contributed by atoms with E-state index in [9.17, 15) is 8.42 Å². The van der Waals surface area contributed by atoms with E-state index in [0.29, 0.717) is 37.5 Å². The van der Waals surface area contributed by atoms with Crippen LogP contribution in [0.2, 0.25) is 0 Å². The maximum atomic E-state index is 12.3. The lowest BCUT2D eigenvalue weighted by molar-refractivity contribution is 0.135. The summed E-state index contributed by atoms with van der Waals surface area (Å²) in [7, 11) is -1.48. The molecule has 0 N–H and O–H groups in total. The molecule has 8 heteroatoms. The number of methoxy groups -OCH3 is 1. The fourth-order valence-electron chi connectivity index (χ4n) is 2.89.